The molecule has 0 atom stereocenters. The summed E-state index contributed by atoms with van der Waals surface area (Å²) < 4.78 is 29.9. The molecule has 100 valence electrons. The third-order valence-electron chi connectivity index (χ3n) is 2.06. The fourth-order valence-corrected chi connectivity index (χ4v) is 2.50. The minimum atomic E-state index is -3.65. The zero-order valence-corrected chi connectivity index (χ0v) is 11.2. The van der Waals surface area contributed by atoms with Gasteiger partial charge in [0.05, 0.1) is 30.0 Å². The normalized spacial score (nSPS) is 11.0. The predicted octanol–water partition coefficient (Wildman–Crippen LogP) is 1.23. The monoisotopic (exact) mass is 292 g/mol. The molecule has 6 nitrogen and oxygen atoms in total. The van der Waals surface area contributed by atoms with Crippen molar-refractivity contribution in [1.29, 1.82) is 0 Å². The van der Waals surface area contributed by atoms with E-state index in [1.54, 1.807) is 0 Å². The SMILES string of the molecule is COC(=O)CCS(=O)(=O)Nc1ccc(N)cc1Cl. The summed E-state index contributed by atoms with van der Waals surface area (Å²) in [4.78, 5) is 10.9. The van der Waals surface area contributed by atoms with Crippen molar-refractivity contribution < 1.29 is 17.9 Å². The number of sulfonamides is 1. The van der Waals surface area contributed by atoms with Gasteiger partial charge in [-0.1, -0.05) is 11.6 Å². The fraction of sp³-hybridized carbons (Fsp3) is 0.300. The van der Waals surface area contributed by atoms with Crippen LogP contribution in [0.4, 0.5) is 11.4 Å². The van der Waals surface area contributed by atoms with Crippen LogP contribution in [0.25, 0.3) is 0 Å². The summed E-state index contributed by atoms with van der Waals surface area (Å²) in [5.74, 6) is -0.968. The first-order valence-electron chi connectivity index (χ1n) is 4.96. The summed E-state index contributed by atoms with van der Waals surface area (Å²) in [5, 5.41) is 0.191. The van der Waals surface area contributed by atoms with Crippen LogP contribution in [-0.2, 0) is 19.6 Å². The van der Waals surface area contributed by atoms with E-state index in [0.717, 1.165) is 0 Å². The molecule has 0 fully saturated rings. The zero-order chi connectivity index (χ0) is 13.8. The maximum Gasteiger partial charge on any atom is 0.306 e. The van der Waals surface area contributed by atoms with Crippen molar-refractivity contribution in [2.45, 2.75) is 6.42 Å². The average Bonchev–Trinajstić information content (AvgIpc) is 2.30. The summed E-state index contributed by atoms with van der Waals surface area (Å²) in [6.45, 7) is 0. The van der Waals surface area contributed by atoms with E-state index in [-0.39, 0.29) is 22.9 Å². The molecule has 0 aliphatic carbocycles. The number of hydrogen-bond acceptors (Lipinski definition) is 5. The van der Waals surface area contributed by atoms with Crippen LogP contribution in [-0.4, -0.2) is 27.2 Å². The molecule has 0 saturated carbocycles. The van der Waals surface area contributed by atoms with E-state index in [4.69, 9.17) is 17.3 Å². The summed E-state index contributed by atoms with van der Waals surface area (Å²) in [7, 11) is -2.46. The molecule has 1 aromatic carbocycles. The molecule has 0 saturated heterocycles. The van der Waals surface area contributed by atoms with E-state index in [1.165, 1.54) is 25.3 Å². The lowest BCUT2D eigenvalue weighted by molar-refractivity contribution is -0.140. The molecule has 0 aliphatic heterocycles. The Hall–Kier alpha value is -1.47. The van der Waals surface area contributed by atoms with E-state index in [0.29, 0.717) is 5.69 Å². The number of methoxy groups -OCH3 is 1. The van der Waals surface area contributed by atoms with Crippen molar-refractivity contribution in [2.24, 2.45) is 0 Å². The predicted molar refractivity (Wildman–Crippen MR) is 69.9 cm³/mol. The molecule has 8 heteroatoms. The molecule has 0 spiro atoms. The fourth-order valence-electron chi connectivity index (χ4n) is 1.15. The standard InChI is InChI=1S/C10H13ClN2O4S/c1-17-10(14)4-5-18(15,16)13-9-3-2-7(12)6-8(9)11/h2-3,6,13H,4-5,12H2,1H3. The van der Waals surface area contributed by atoms with Crippen molar-refractivity contribution in [3.63, 3.8) is 0 Å². The van der Waals surface area contributed by atoms with Gasteiger partial charge in [-0.25, -0.2) is 8.42 Å². The quantitative estimate of drug-likeness (QED) is 0.628. The number of esters is 1. The zero-order valence-electron chi connectivity index (χ0n) is 9.64. The van der Waals surface area contributed by atoms with E-state index in [1.807, 2.05) is 0 Å². The Labute approximate surface area is 110 Å². The van der Waals surface area contributed by atoms with Crippen LogP contribution in [0, 0.1) is 0 Å². The Morgan fingerprint density at radius 1 is 1.50 bits per heavy atom. The smallest absolute Gasteiger partial charge is 0.306 e. The number of benzene rings is 1. The first-order valence-corrected chi connectivity index (χ1v) is 6.99. The lowest BCUT2D eigenvalue weighted by Crippen LogP contribution is -2.19. The number of anilines is 2. The van der Waals surface area contributed by atoms with Crippen LogP contribution in [0.3, 0.4) is 0 Å². The largest absolute Gasteiger partial charge is 0.469 e. The molecule has 18 heavy (non-hydrogen) atoms. The lowest BCUT2D eigenvalue weighted by atomic mass is 10.3. The molecule has 3 N–H and O–H groups in total. The summed E-state index contributed by atoms with van der Waals surface area (Å²) in [5.41, 5.74) is 6.13. The van der Waals surface area contributed by atoms with Crippen LogP contribution in [0.2, 0.25) is 5.02 Å². The number of carbonyl (C=O) groups is 1. The van der Waals surface area contributed by atoms with E-state index in [2.05, 4.69) is 9.46 Å². The van der Waals surface area contributed by atoms with Gasteiger partial charge in [0.1, 0.15) is 0 Å². The van der Waals surface area contributed by atoms with Crippen molar-refractivity contribution in [2.75, 3.05) is 23.3 Å². The van der Waals surface area contributed by atoms with Gasteiger partial charge in [-0.15, -0.1) is 0 Å². The molecule has 1 rings (SSSR count). The Kier molecular flexibility index (Phi) is 4.80. The van der Waals surface area contributed by atoms with Crippen LogP contribution in [0.5, 0.6) is 0 Å². The van der Waals surface area contributed by atoms with E-state index < -0.39 is 16.0 Å². The Morgan fingerprint density at radius 2 is 2.17 bits per heavy atom. The van der Waals surface area contributed by atoms with Crippen molar-refractivity contribution >= 4 is 39.0 Å². The second-order valence-electron chi connectivity index (χ2n) is 3.49. The number of ether oxygens (including phenoxy) is 1. The third kappa shape index (κ3) is 4.42. The molecule has 0 heterocycles. The minimum Gasteiger partial charge on any atom is -0.469 e. The molecular weight excluding hydrogens is 280 g/mol. The molecule has 0 bridgehead atoms. The number of nitrogen functional groups attached to an aromatic ring is 1. The van der Waals surface area contributed by atoms with Gasteiger partial charge in [-0.05, 0) is 18.2 Å². The number of carbonyl (C=O) groups excluding carboxylic acids is 1. The Balaban J connectivity index is 2.73. The van der Waals surface area contributed by atoms with Gasteiger partial charge in [-0.2, -0.15) is 0 Å². The molecule has 0 aromatic heterocycles. The number of nitrogens with one attached hydrogen (secondary N) is 1. The third-order valence-corrected chi connectivity index (χ3v) is 3.65. The van der Waals surface area contributed by atoms with Crippen molar-refractivity contribution in [3.05, 3.63) is 23.2 Å². The molecule has 0 aliphatic rings. The molecule has 0 unspecified atom stereocenters. The second kappa shape index (κ2) is 5.92. The minimum absolute atomic E-state index is 0.191. The highest BCUT2D eigenvalue weighted by molar-refractivity contribution is 7.92. The highest BCUT2D eigenvalue weighted by atomic mass is 35.5. The van der Waals surface area contributed by atoms with E-state index in [9.17, 15) is 13.2 Å². The Bertz CT molecular complexity index is 545. The van der Waals surface area contributed by atoms with Gasteiger partial charge in [0.15, 0.2) is 0 Å². The van der Waals surface area contributed by atoms with Gasteiger partial charge in [0.25, 0.3) is 0 Å². The van der Waals surface area contributed by atoms with Crippen LogP contribution in [0.15, 0.2) is 18.2 Å². The van der Waals surface area contributed by atoms with Gasteiger partial charge in [-0.3, -0.25) is 9.52 Å². The highest BCUT2D eigenvalue weighted by Crippen LogP contribution is 2.25. The van der Waals surface area contributed by atoms with E-state index >= 15 is 0 Å². The Morgan fingerprint density at radius 3 is 2.72 bits per heavy atom. The lowest BCUT2D eigenvalue weighted by Gasteiger charge is -2.09. The van der Waals surface area contributed by atoms with Crippen LogP contribution in [0.1, 0.15) is 6.42 Å². The molecular formula is C10H13ClN2O4S. The first-order chi connectivity index (χ1) is 8.34. The number of hydrogen-bond donors (Lipinski definition) is 2. The topological polar surface area (TPSA) is 98.5 Å². The summed E-state index contributed by atoms with van der Waals surface area (Å²) in [6.07, 6.45) is -0.224. The van der Waals surface area contributed by atoms with Crippen LogP contribution >= 0.6 is 11.6 Å². The van der Waals surface area contributed by atoms with Gasteiger partial charge in [0, 0.05) is 5.69 Å². The van der Waals surface area contributed by atoms with Gasteiger partial charge < -0.3 is 10.5 Å². The highest BCUT2D eigenvalue weighted by Gasteiger charge is 2.15. The maximum atomic E-state index is 11.6. The summed E-state index contributed by atoms with van der Waals surface area (Å²) in [6, 6.07) is 4.40. The molecule has 0 radical (unpaired) electrons. The molecule has 1 aromatic rings. The van der Waals surface area contributed by atoms with Gasteiger partial charge >= 0.3 is 5.97 Å². The number of rotatable bonds is 5. The number of nitrogens with two attached hydrogens (primary N) is 1. The summed E-state index contributed by atoms with van der Waals surface area (Å²) >= 11 is 5.83. The second-order valence-corrected chi connectivity index (χ2v) is 5.74. The first kappa shape index (κ1) is 14.6. The maximum absolute atomic E-state index is 11.6. The van der Waals surface area contributed by atoms with Crippen molar-refractivity contribution in [3.8, 4) is 0 Å². The van der Waals surface area contributed by atoms with Crippen LogP contribution < -0.4 is 10.5 Å². The van der Waals surface area contributed by atoms with Crippen molar-refractivity contribution in [1.82, 2.24) is 0 Å². The van der Waals surface area contributed by atoms with Gasteiger partial charge in [0.2, 0.25) is 10.0 Å². The average molecular weight is 293 g/mol. The molecule has 0 amide bonds. The number of halogens is 1.